The second-order valence-corrected chi connectivity index (χ2v) is 9.77. The third-order valence-electron chi connectivity index (χ3n) is 5.45. The summed E-state index contributed by atoms with van der Waals surface area (Å²) in [6, 6.07) is 7.15. The number of carbonyl (C=O) groups is 1. The SMILES string of the molecule is Cc1cc(F)cc2c1N(C(=O)c1ccc(Cl)c(S(=O)(=O)N3CCOCC3)c1)CCC2. The minimum atomic E-state index is -3.85. The molecule has 0 atom stereocenters. The number of rotatable bonds is 3. The molecule has 2 aliphatic heterocycles. The van der Waals surface area contributed by atoms with Gasteiger partial charge in [0.05, 0.1) is 23.9 Å². The average molecular weight is 453 g/mol. The molecule has 2 aliphatic rings. The number of fused-ring (bicyclic) bond motifs is 1. The second-order valence-electron chi connectivity index (χ2n) is 7.45. The maximum atomic E-state index is 13.8. The Morgan fingerprint density at radius 3 is 2.60 bits per heavy atom. The van der Waals surface area contributed by atoms with Gasteiger partial charge < -0.3 is 9.64 Å². The van der Waals surface area contributed by atoms with Crippen molar-refractivity contribution >= 4 is 33.2 Å². The van der Waals surface area contributed by atoms with E-state index < -0.39 is 10.0 Å². The molecular weight excluding hydrogens is 431 g/mol. The van der Waals surface area contributed by atoms with Crippen LogP contribution in [0.2, 0.25) is 5.02 Å². The highest BCUT2D eigenvalue weighted by Gasteiger charge is 2.31. The number of amides is 1. The third kappa shape index (κ3) is 3.85. The summed E-state index contributed by atoms with van der Waals surface area (Å²) in [5.41, 5.74) is 2.37. The van der Waals surface area contributed by atoms with Crippen LogP contribution in [0.5, 0.6) is 0 Å². The fraction of sp³-hybridized carbons (Fsp3) is 0.381. The first kappa shape index (κ1) is 21.2. The zero-order valence-corrected chi connectivity index (χ0v) is 18.1. The van der Waals surface area contributed by atoms with Gasteiger partial charge in [-0.15, -0.1) is 0 Å². The number of carbonyl (C=O) groups excluding carboxylic acids is 1. The van der Waals surface area contributed by atoms with E-state index in [0.717, 1.165) is 5.56 Å². The maximum absolute atomic E-state index is 13.8. The minimum absolute atomic E-state index is 0.0651. The number of hydrogen-bond acceptors (Lipinski definition) is 4. The molecule has 1 amide bonds. The Hall–Kier alpha value is -2.00. The first-order chi connectivity index (χ1) is 14.3. The highest BCUT2D eigenvalue weighted by atomic mass is 35.5. The van der Waals surface area contributed by atoms with Crippen LogP contribution in [-0.4, -0.2) is 51.5 Å². The Kier molecular flexibility index (Phi) is 5.85. The fourth-order valence-corrected chi connectivity index (χ4v) is 5.95. The van der Waals surface area contributed by atoms with Crippen LogP contribution in [0.4, 0.5) is 10.1 Å². The first-order valence-corrected chi connectivity index (χ1v) is 11.6. The minimum Gasteiger partial charge on any atom is -0.379 e. The van der Waals surface area contributed by atoms with Gasteiger partial charge >= 0.3 is 0 Å². The molecule has 0 aliphatic carbocycles. The topological polar surface area (TPSA) is 66.9 Å². The van der Waals surface area contributed by atoms with E-state index in [4.69, 9.17) is 16.3 Å². The first-order valence-electron chi connectivity index (χ1n) is 9.77. The van der Waals surface area contributed by atoms with E-state index >= 15 is 0 Å². The Bertz CT molecular complexity index is 1100. The predicted octanol–water partition coefficient (Wildman–Crippen LogP) is 3.40. The lowest BCUT2D eigenvalue weighted by atomic mass is 9.97. The van der Waals surface area contributed by atoms with Gasteiger partial charge in [-0.2, -0.15) is 4.31 Å². The molecule has 2 aromatic carbocycles. The van der Waals surface area contributed by atoms with Crippen molar-refractivity contribution in [2.24, 2.45) is 0 Å². The Morgan fingerprint density at radius 2 is 1.87 bits per heavy atom. The molecule has 6 nitrogen and oxygen atoms in total. The molecule has 0 saturated carbocycles. The highest BCUT2D eigenvalue weighted by molar-refractivity contribution is 7.89. The molecule has 2 aromatic rings. The lowest BCUT2D eigenvalue weighted by Crippen LogP contribution is -2.41. The molecule has 1 fully saturated rings. The van der Waals surface area contributed by atoms with Crippen molar-refractivity contribution in [3.8, 4) is 0 Å². The van der Waals surface area contributed by atoms with Crippen LogP contribution < -0.4 is 4.90 Å². The predicted molar refractivity (Wildman–Crippen MR) is 112 cm³/mol. The van der Waals surface area contributed by atoms with Crippen LogP contribution in [0.3, 0.4) is 0 Å². The third-order valence-corrected chi connectivity index (χ3v) is 7.83. The van der Waals surface area contributed by atoms with Crippen molar-refractivity contribution in [3.63, 3.8) is 0 Å². The van der Waals surface area contributed by atoms with Crippen LogP contribution in [-0.2, 0) is 21.2 Å². The molecule has 30 heavy (non-hydrogen) atoms. The van der Waals surface area contributed by atoms with Crippen molar-refractivity contribution in [1.29, 1.82) is 0 Å². The number of aryl methyl sites for hydroxylation is 2. The van der Waals surface area contributed by atoms with Gasteiger partial charge in [-0.05, 0) is 61.2 Å². The molecule has 0 N–H and O–H groups in total. The lowest BCUT2D eigenvalue weighted by Gasteiger charge is -2.31. The van der Waals surface area contributed by atoms with Crippen molar-refractivity contribution in [3.05, 3.63) is 57.9 Å². The van der Waals surface area contributed by atoms with Crippen molar-refractivity contribution in [2.45, 2.75) is 24.7 Å². The molecule has 0 spiro atoms. The van der Waals surface area contributed by atoms with Gasteiger partial charge in [0.25, 0.3) is 5.91 Å². The van der Waals surface area contributed by atoms with E-state index in [1.807, 2.05) is 0 Å². The fourth-order valence-electron chi connectivity index (χ4n) is 4.04. The van der Waals surface area contributed by atoms with Crippen LogP contribution >= 0.6 is 11.6 Å². The average Bonchev–Trinajstić information content (AvgIpc) is 2.73. The summed E-state index contributed by atoms with van der Waals surface area (Å²) in [4.78, 5) is 14.8. The molecule has 0 bridgehead atoms. The number of nitrogens with zero attached hydrogens (tertiary/aromatic N) is 2. The van der Waals surface area contributed by atoms with E-state index in [2.05, 4.69) is 0 Å². The zero-order valence-electron chi connectivity index (χ0n) is 16.5. The number of sulfonamides is 1. The van der Waals surface area contributed by atoms with Gasteiger partial charge in [0.15, 0.2) is 0 Å². The number of ether oxygens (including phenoxy) is 1. The Morgan fingerprint density at radius 1 is 1.13 bits per heavy atom. The van der Waals surface area contributed by atoms with Crippen LogP contribution in [0.25, 0.3) is 0 Å². The zero-order chi connectivity index (χ0) is 21.5. The van der Waals surface area contributed by atoms with Crippen molar-refractivity contribution < 1.29 is 22.3 Å². The summed E-state index contributed by atoms with van der Waals surface area (Å²) in [5.74, 6) is -0.660. The normalized spacial score (nSPS) is 17.6. The van der Waals surface area contributed by atoms with E-state index in [-0.39, 0.29) is 40.3 Å². The van der Waals surface area contributed by atoms with Crippen LogP contribution in [0, 0.1) is 12.7 Å². The van der Waals surface area contributed by atoms with E-state index in [1.54, 1.807) is 11.8 Å². The van der Waals surface area contributed by atoms with Gasteiger partial charge in [0, 0.05) is 25.2 Å². The van der Waals surface area contributed by atoms with Crippen molar-refractivity contribution in [2.75, 3.05) is 37.7 Å². The molecule has 0 aromatic heterocycles. The Labute approximate surface area is 180 Å². The molecule has 4 rings (SSSR count). The molecule has 1 saturated heterocycles. The number of anilines is 1. The summed E-state index contributed by atoms with van der Waals surface area (Å²) in [6.45, 7) is 3.35. The largest absolute Gasteiger partial charge is 0.379 e. The molecule has 160 valence electrons. The molecule has 9 heteroatoms. The van der Waals surface area contributed by atoms with E-state index in [1.165, 1.54) is 34.6 Å². The number of halogens is 2. The monoisotopic (exact) mass is 452 g/mol. The van der Waals surface area contributed by atoms with Gasteiger partial charge in [0.2, 0.25) is 10.0 Å². The molecule has 0 unspecified atom stereocenters. The number of morpholine rings is 1. The van der Waals surface area contributed by atoms with Crippen molar-refractivity contribution in [1.82, 2.24) is 4.31 Å². The van der Waals surface area contributed by atoms with Gasteiger partial charge in [0.1, 0.15) is 10.7 Å². The number of hydrogen-bond donors (Lipinski definition) is 0. The summed E-state index contributed by atoms with van der Waals surface area (Å²) in [7, 11) is -3.85. The summed E-state index contributed by atoms with van der Waals surface area (Å²) < 4.78 is 46.5. The van der Waals surface area contributed by atoms with Gasteiger partial charge in [-0.25, -0.2) is 12.8 Å². The maximum Gasteiger partial charge on any atom is 0.258 e. The van der Waals surface area contributed by atoms with Crippen LogP contribution in [0.1, 0.15) is 27.9 Å². The summed E-state index contributed by atoms with van der Waals surface area (Å²) >= 11 is 6.21. The van der Waals surface area contributed by atoms with Gasteiger partial charge in [-0.1, -0.05) is 11.6 Å². The van der Waals surface area contributed by atoms with Gasteiger partial charge in [-0.3, -0.25) is 4.79 Å². The smallest absolute Gasteiger partial charge is 0.258 e. The highest BCUT2D eigenvalue weighted by Crippen LogP contribution is 2.34. The molecule has 2 heterocycles. The number of benzene rings is 2. The summed E-state index contributed by atoms with van der Waals surface area (Å²) in [5, 5.41) is 0.0651. The van der Waals surface area contributed by atoms with E-state index in [9.17, 15) is 17.6 Å². The standard InChI is InChI=1S/C21H22ClFN2O4S/c1-14-11-17(23)12-15-3-2-6-25(20(14)15)21(26)16-4-5-18(22)19(13-16)30(27,28)24-7-9-29-10-8-24/h4-5,11-13H,2-3,6-10H2,1H3. The second kappa shape index (κ2) is 8.26. The molecular formula is C21H22ClFN2O4S. The molecule has 0 radical (unpaired) electrons. The quantitative estimate of drug-likeness (QED) is 0.715. The van der Waals surface area contributed by atoms with E-state index in [0.29, 0.717) is 43.9 Å². The lowest BCUT2D eigenvalue weighted by molar-refractivity contribution is 0.0730. The summed E-state index contributed by atoms with van der Waals surface area (Å²) in [6.07, 6.45) is 1.39. The van der Waals surface area contributed by atoms with Crippen LogP contribution in [0.15, 0.2) is 35.2 Å². The Balaban J connectivity index is 1.71.